The van der Waals surface area contributed by atoms with Gasteiger partial charge in [-0.15, -0.1) is 0 Å². The highest BCUT2D eigenvalue weighted by atomic mass is 35.5. The smallest absolute Gasteiger partial charge is 0.338 e. The molecular weight excluding hydrogens is 438 g/mol. The van der Waals surface area contributed by atoms with Crippen LogP contribution in [0, 0.1) is 10.1 Å². The largest absolute Gasteiger partial charge is 0.486 e. The number of methoxy groups -OCH3 is 1. The third kappa shape index (κ3) is 4.30. The van der Waals surface area contributed by atoms with Gasteiger partial charge in [-0.2, -0.15) is 0 Å². The number of hydrogen-bond acceptors (Lipinski definition) is 7. The monoisotopic (exact) mass is 461 g/mol. The van der Waals surface area contributed by atoms with Crippen LogP contribution in [0.25, 0.3) is 0 Å². The van der Waals surface area contributed by atoms with Crippen molar-refractivity contribution in [3.8, 4) is 5.75 Å². The Kier molecular flexibility index (Phi) is 6.64. The summed E-state index contributed by atoms with van der Waals surface area (Å²) in [4.78, 5) is 22.9. The Morgan fingerprint density at radius 3 is 2.72 bits per heavy atom. The zero-order valence-corrected chi connectivity index (χ0v) is 18.4. The molecule has 9 heteroatoms. The first-order chi connectivity index (χ1) is 15.4. The van der Waals surface area contributed by atoms with Crippen molar-refractivity contribution in [3.63, 3.8) is 0 Å². The summed E-state index contributed by atoms with van der Waals surface area (Å²) in [5.74, 6) is -0.586. The Labute approximate surface area is 190 Å². The topological polar surface area (TPSA) is 97.1 Å². The molecule has 1 heterocycles. The number of nitro benzene ring substituents is 1. The van der Waals surface area contributed by atoms with E-state index in [1.54, 1.807) is 0 Å². The minimum absolute atomic E-state index is 0.0684. The van der Waals surface area contributed by atoms with Crippen LogP contribution in [0.1, 0.15) is 40.7 Å². The third-order valence-corrected chi connectivity index (χ3v) is 6.25. The fraction of sp³-hybridized carbons (Fsp3) is 0.435. The highest BCUT2D eigenvalue weighted by molar-refractivity contribution is 6.30. The van der Waals surface area contributed by atoms with Crippen LogP contribution >= 0.6 is 11.6 Å². The molecule has 0 radical (unpaired) electrons. The molecule has 0 saturated carbocycles. The van der Waals surface area contributed by atoms with Gasteiger partial charge in [-0.05, 0) is 61.1 Å². The van der Waals surface area contributed by atoms with Crippen LogP contribution in [0.5, 0.6) is 5.75 Å². The molecule has 2 aromatic rings. The summed E-state index contributed by atoms with van der Waals surface area (Å²) >= 11 is 6.23. The maximum absolute atomic E-state index is 11.8. The molecule has 2 aromatic carbocycles. The second-order valence-corrected chi connectivity index (χ2v) is 8.39. The van der Waals surface area contributed by atoms with Gasteiger partial charge in [0.15, 0.2) is 12.0 Å². The zero-order valence-electron chi connectivity index (χ0n) is 17.7. The molecule has 8 nitrogen and oxygen atoms in total. The van der Waals surface area contributed by atoms with E-state index >= 15 is 0 Å². The van der Waals surface area contributed by atoms with E-state index in [4.69, 9.17) is 25.8 Å². The maximum Gasteiger partial charge on any atom is 0.338 e. The predicted molar refractivity (Wildman–Crippen MR) is 116 cm³/mol. The van der Waals surface area contributed by atoms with Crippen molar-refractivity contribution >= 4 is 23.3 Å². The van der Waals surface area contributed by atoms with Crippen LogP contribution in [0.4, 0.5) is 5.69 Å². The molecule has 0 bridgehead atoms. The number of carbonyl (C=O) groups is 1. The van der Waals surface area contributed by atoms with Crippen LogP contribution in [-0.4, -0.2) is 44.1 Å². The van der Waals surface area contributed by atoms with Gasteiger partial charge in [0.05, 0.1) is 36.2 Å². The Morgan fingerprint density at radius 1 is 1.22 bits per heavy atom. The number of nitro groups is 1. The van der Waals surface area contributed by atoms with Gasteiger partial charge in [-0.25, -0.2) is 4.79 Å². The highest BCUT2D eigenvalue weighted by Gasteiger charge is 2.47. The van der Waals surface area contributed by atoms with E-state index in [0.29, 0.717) is 18.2 Å². The third-order valence-electron chi connectivity index (χ3n) is 6.01. The lowest BCUT2D eigenvalue weighted by Crippen LogP contribution is -2.51. The molecule has 1 saturated heterocycles. The number of aryl methyl sites for hydroxylation is 1. The molecule has 1 fully saturated rings. The first kappa shape index (κ1) is 22.5. The molecule has 170 valence electrons. The number of nitrogens with zero attached hydrogens (tertiary/aromatic N) is 1. The van der Waals surface area contributed by atoms with Crippen LogP contribution in [0.15, 0.2) is 36.4 Å². The number of ether oxygens (including phenoxy) is 4. The van der Waals surface area contributed by atoms with Gasteiger partial charge in [0.1, 0.15) is 6.61 Å². The first-order valence-electron chi connectivity index (χ1n) is 10.5. The van der Waals surface area contributed by atoms with E-state index in [0.717, 1.165) is 42.9 Å². The van der Waals surface area contributed by atoms with Crippen molar-refractivity contribution in [3.05, 3.63) is 68.2 Å². The van der Waals surface area contributed by atoms with Gasteiger partial charge < -0.3 is 18.9 Å². The summed E-state index contributed by atoms with van der Waals surface area (Å²) in [5, 5.41) is 12.3. The second-order valence-electron chi connectivity index (χ2n) is 7.96. The minimum Gasteiger partial charge on any atom is -0.486 e. The standard InChI is InChI=1S/C23H24ClNO7/c1-29-21(26)16-5-8-20(19(13-16)25(27)28)32-14-23(22-30-10-3-11-31-22)9-2-4-15-12-17(24)6-7-18(15)23/h5-8,12-13,22H,2-4,9-11,14H2,1H3/t23-/m0/s1. The lowest BCUT2D eigenvalue weighted by Gasteiger charge is -2.45. The van der Waals surface area contributed by atoms with E-state index < -0.39 is 22.6 Å². The van der Waals surface area contributed by atoms with Gasteiger partial charge in [-0.3, -0.25) is 10.1 Å². The van der Waals surface area contributed by atoms with Crippen molar-refractivity contribution in [2.75, 3.05) is 26.9 Å². The van der Waals surface area contributed by atoms with Crippen LogP contribution < -0.4 is 4.74 Å². The molecule has 1 aliphatic carbocycles. The maximum atomic E-state index is 11.8. The summed E-state index contributed by atoms with van der Waals surface area (Å²) in [5.41, 5.74) is 1.25. The van der Waals surface area contributed by atoms with Gasteiger partial charge >= 0.3 is 11.7 Å². The number of fused-ring (bicyclic) bond motifs is 1. The Morgan fingerprint density at radius 2 is 2.00 bits per heavy atom. The molecule has 0 unspecified atom stereocenters. The normalized spacial score (nSPS) is 20.9. The van der Waals surface area contributed by atoms with Gasteiger partial charge in [0, 0.05) is 11.1 Å². The Hall–Kier alpha value is -2.68. The molecule has 1 aliphatic heterocycles. The number of esters is 1. The average molecular weight is 462 g/mol. The first-order valence-corrected chi connectivity index (χ1v) is 10.8. The molecule has 0 spiro atoms. The molecular formula is C23H24ClNO7. The molecule has 0 aromatic heterocycles. The molecule has 1 atom stereocenters. The number of benzene rings is 2. The predicted octanol–water partition coefficient (Wildman–Crippen LogP) is 4.45. The lowest BCUT2D eigenvalue weighted by atomic mass is 9.69. The summed E-state index contributed by atoms with van der Waals surface area (Å²) in [7, 11) is 1.22. The van der Waals surface area contributed by atoms with E-state index in [1.807, 2.05) is 18.2 Å². The summed E-state index contributed by atoms with van der Waals surface area (Å²) < 4.78 is 22.7. The number of hydrogen-bond donors (Lipinski definition) is 0. The minimum atomic E-state index is -0.654. The molecule has 32 heavy (non-hydrogen) atoms. The van der Waals surface area contributed by atoms with Crippen LogP contribution in [0.2, 0.25) is 5.02 Å². The number of halogens is 1. The van der Waals surface area contributed by atoms with Crippen molar-refractivity contribution in [1.82, 2.24) is 0 Å². The van der Waals surface area contributed by atoms with Gasteiger partial charge in [-0.1, -0.05) is 17.7 Å². The lowest BCUT2D eigenvalue weighted by molar-refractivity contribution is -0.386. The second kappa shape index (κ2) is 9.44. The summed E-state index contributed by atoms with van der Waals surface area (Å²) in [6, 6.07) is 9.78. The molecule has 0 N–H and O–H groups in total. The highest BCUT2D eigenvalue weighted by Crippen LogP contribution is 2.44. The molecule has 4 rings (SSSR count). The van der Waals surface area contributed by atoms with Crippen LogP contribution in [-0.2, 0) is 26.0 Å². The van der Waals surface area contributed by atoms with E-state index in [2.05, 4.69) is 4.74 Å². The average Bonchev–Trinajstić information content (AvgIpc) is 2.82. The zero-order chi connectivity index (χ0) is 22.7. The van der Waals surface area contributed by atoms with Crippen molar-refractivity contribution in [2.45, 2.75) is 37.4 Å². The Balaban J connectivity index is 1.70. The van der Waals surface area contributed by atoms with Crippen LogP contribution in [0.3, 0.4) is 0 Å². The fourth-order valence-electron chi connectivity index (χ4n) is 4.49. The SMILES string of the molecule is COC(=O)c1ccc(OC[C@@]2(C3OCCCO3)CCCc3cc(Cl)ccc32)c([N+](=O)[O-])c1. The Bertz CT molecular complexity index is 1020. The summed E-state index contributed by atoms with van der Waals surface area (Å²) in [6.45, 7) is 1.26. The van der Waals surface area contributed by atoms with Gasteiger partial charge in [0.25, 0.3) is 0 Å². The van der Waals surface area contributed by atoms with E-state index in [-0.39, 0.29) is 23.6 Å². The quantitative estimate of drug-likeness (QED) is 0.356. The number of carbonyl (C=O) groups excluding carboxylic acids is 1. The van der Waals surface area contributed by atoms with Crippen molar-refractivity contribution in [2.24, 2.45) is 0 Å². The van der Waals surface area contributed by atoms with Crippen molar-refractivity contribution < 1.29 is 28.7 Å². The number of rotatable bonds is 6. The fourth-order valence-corrected chi connectivity index (χ4v) is 4.68. The summed E-state index contributed by atoms with van der Waals surface area (Å²) in [6.07, 6.45) is 2.76. The van der Waals surface area contributed by atoms with E-state index in [9.17, 15) is 14.9 Å². The molecule has 0 amide bonds. The van der Waals surface area contributed by atoms with E-state index in [1.165, 1.54) is 19.2 Å². The van der Waals surface area contributed by atoms with Crippen molar-refractivity contribution in [1.29, 1.82) is 0 Å². The molecule has 2 aliphatic rings. The van der Waals surface area contributed by atoms with Gasteiger partial charge in [0.2, 0.25) is 0 Å².